The Morgan fingerprint density at radius 1 is 0.923 bits per heavy atom. The number of hydrogen-bond donors (Lipinski definition) is 1. The Kier molecular flexibility index (Phi) is 10.8. The third kappa shape index (κ3) is 7.65. The zero-order valence-corrected chi connectivity index (χ0v) is 16.7. The molecule has 0 fully saturated rings. The van der Waals surface area contributed by atoms with Gasteiger partial charge in [-0.1, -0.05) is 35.9 Å². The van der Waals surface area contributed by atoms with Crippen molar-refractivity contribution in [1.29, 1.82) is 0 Å². The van der Waals surface area contributed by atoms with E-state index in [1.807, 2.05) is 13.0 Å². The first kappa shape index (κ1) is 22.3. The summed E-state index contributed by atoms with van der Waals surface area (Å²) in [5.41, 5.74) is 3.58. The SMILES string of the molecule is CCOc1cc(CNCCCOC)ccc1OCc1ccc(C)cc1.Cl. The van der Waals surface area contributed by atoms with Crippen LogP contribution in [0.25, 0.3) is 0 Å². The molecule has 0 atom stereocenters. The van der Waals surface area contributed by atoms with Crippen LogP contribution in [0.5, 0.6) is 11.5 Å². The van der Waals surface area contributed by atoms with E-state index in [9.17, 15) is 0 Å². The molecule has 0 heterocycles. The van der Waals surface area contributed by atoms with Gasteiger partial charge in [0.25, 0.3) is 0 Å². The van der Waals surface area contributed by atoms with Crippen LogP contribution < -0.4 is 14.8 Å². The summed E-state index contributed by atoms with van der Waals surface area (Å²) in [6.07, 6.45) is 1.01. The van der Waals surface area contributed by atoms with E-state index in [4.69, 9.17) is 14.2 Å². The van der Waals surface area contributed by atoms with Crippen LogP contribution in [-0.4, -0.2) is 26.9 Å². The first-order valence-electron chi connectivity index (χ1n) is 8.86. The maximum absolute atomic E-state index is 5.97. The molecule has 0 saturated carbocycles. The van der Waals surface area contributed by atoms with Gasteiger partial charge in [0.2, 0.25) is 0 Å². The lowest BCUT2D eigenvalue weighted by Gasteiger charge is -2.14. The molecule has 0 radical (unpaired) electrons. The summed E-state index contributed by atoms with van der Waals surface area (Å²) in [7, 11) is 1.73. The topological polar surface area (TPSA) is 39.7 Å². The quantitative estimate of drug-likeness (QED) is 0.582. The van der Waals surface area contributed by atoms with Gasteiger partial charge >= 0.3 is 0 Å². The van der Waals surface area contributed by atoms with Crippen molar-refractivity contribution in [1.82, 2.24) is 5.32 Å². The van der Waals surface area contributed by atoms with Crippen LogP contribution in [0.15, 0.2) is 42.5 Å². The Bertz CT molecular complexity index is 632. The molecule has 0 bridgehead atoms. The van der Waals surface area contributed by atoms with Gasteiger partial charge in [-0.3, -0.25) is 0 Å². The van der Waals surface area contributed by atoms with Crippen molar-refractivity contribution in [2.24, 2.45) is 0 Å². The zero-order chi connectivity index (χ0) is 17.9. The largest absolute Gasteiger partial charge is 0.490 e. The molecular weight excluding hydrogens is 350 g/mol. The van der Waals surface area contributed by atoms with Crippen molar-refractivity contribution in [2.45, 2.75) is 33.4 Å². The van der Waals surface area contributed by atoms with Crippen LogP contribution in [0.2, 0.25) is 0 Å². The highest BCUT2D eigenvalue weighted by atomic mass is 35.5. The highest BCUT2D eigenvalue weighted by Crippen LogP contribution is 2.29. The average Bonchev–Trinajstić information content (AvgIpc) is 2.62. The smallest absolute Gasteiger partial charge is 0.161 e. The van der Waals surface area contributed by atoms with Crippen LogP contribution in [0.1, 0.15) is 30.0 Å². The van der Waals surface area contributed by atoms with Gasteiger partial charge < -0.3 is 19.5 Å². The van der Waals surface area contributed by atoms with E-state index in [-0.39, 0.29) is 12.4 Å². The average molecular weight is 380 g/mol. The van der Waals surface area contributed by atoms with Gasteiger partial charge in [-0.15, -0.1) is 12.4 Å². The second-order valence-electron chi connectivity index (χ2n) is 6.01. The highest BCUT2D eigenvalue weighted by Gasteiger charge is 2.07. The summed E-state index contributed by atoms with van der Waals surface area (Å²) in [4.78, 5) is 0. The number of methoxy groups -OCH3 is 1. The molecule has 144 valence electrons. The van der Waals surface area contributed by atoms with Gasteiger partial charge in [-0.25, -0.2) is 0 Å². The Labute approximate surface area is 163 Å². The summed E-state index contributed by atoms with van der Waals surface area (Å²) >= 11 is 0. The lowest BCUT2D eigenvalue weighted by atomic mass is 10.1. The fourth-order valence-corrected chi connectivity index (χ4v) is 2.47. The van der Waals surface area contributed by atoms with E-state index in [0.717, 1.165) is 43.2 Å². The molecule has 0 amide bonds. The molecule has 1 N–H and O–H groups in total. The molecule has 0 saturated heterocycles. The normalized spacial score (nSPS) is 10.3. The maximum Gasteiger partial charge on any atom is 0.161 e. The summed E-state index contributed by atoms with van der Waals surface area (Å²) in [5.74, 6) is 1.58. The lowest BCUT2D eigenvalue weighted by molar-refractivity contribution is 0.194. The molecule has 2 aromatic rings. The third-order valence-corrected chi connectivity index (χ3v) is 3.85. The number of halogens is 1. The molecule has 0 aliphatic rings. The van der Waals surface area contributed by atoms with Gasteiger partial charge in [0.15, 0.2) is 11.5 Å². The molecule has 0 aliphatic carbocycles. The standard InChI is InChI=1S/C21H29NO3.ClH/c1-4-24-21-14-19(15-22-12-5-13-23-3)10-11-20(21)25-16-18-8-6-17(2)7-9-18;/h6-11,14,22H,4-5,12-13,15-16H2,1-3H3;1H. The summed E-state index contributed by atoms with van der Waals surface area (Å²) in [6.45, 7) is 7.74. The van der Waals surface area contributed by atoms with Crippen molar-refractivity contribution in [3.63, 3.8) is 0 Å². The highest BCUT2D eigenvalue weighted by molar-refractivity contribution is 5.85. The van der Waals surface area contributed by atoms with E-state index >= 15 is 0 Å². The van der Waals surface area contributed by atoms with E-state index in [1.165, 1.54) is 11.1 Å². The minimum absolute atomic E-state index is 0. The fraction of sp³-hybridized carbons (Fsp3) is 0.429. The van der Waals surface area contributed by atoms with Gasteiger partial charge in [-0.05, 0) is 50.1 Å². The zero-order valence-electron chi connectivity index (χ0n) is 15.9. The van der Waals surface area contributed by atoms with Crippen molar-refractivity contribution < 1.29 is 14.2 Å². The van der Waals surface area contributed by atoms with Crippen molar-refractivity contribution >= 4 is 12.4 Å². The fourth-order valence-electron chi connectivity index (χ4n) is 2.47. The Hall–Kier alpha value is -1.75. The van der Waals surface area contributed by atoms with Crippen molar-refractivity contribution in [3.05, 3.63) is 59.2 Å². The predicted octanol–water partition coefficient (Wildman–Crippen LogP) is 4.52. The van der Waals surface area contributed by atoms with Gasteiger partial charge in [0, 0.05) is 20.3 Å². The number of rotatable bonds is 11. The van der Waals surface area contributed by atoms with E-state index < -0.39 is 0 Å². The Morgan fingerprint density at radius 3 is 2.35 bits per heavy atom. The van der Waals surface area contributed by atoms with Crippen LogP contribution in [-0.2, 0) is 17.9 Å². The molecule has 5 heteroatoms. The number of hydrogen-bond acceptors (Lipinski definition) is 4. The van der Waals surface area contributed by atoms with Crippen LogP contribution >= 0.6 is 12.4 Å². The maximum atomic E-state index is 5.97. The van der Waals surface area contributed by atoms with E-state index in [2.05, 4.69) is 48.6 Å². The molecule has 0 unspecified atom stereocenters. The first-order valence-corrected chi connectivity index (χ1v) is 8.86. The van der Waals surface area contributed by atoms with Crippen LogP contribution in [0, 0.1) is 6.92 Å². The summed E-state index contributed by atoms with van der Waals surface area (Å²) in [6, 6.07) is 14.5. The lowest BCUT2D eigenvalue weighted by Crippen LogP contribution is -2.16. The van der Waals surface area contributed by atoms with Crippen molar-refractivity contribution in [2.75, 3.05) is 26.9 Å². The number of nitrogens with one attached hydrogen (secondary N) is 1. The number of ether oxygens (including phenoxy) is 3. The Morgan fingerprint density at radius 2 is 1.65 bits per heavy atom. The van der Waals surface area contributed by atoms with E-state index in [0.29, 0.717) is 13.2 Å². The van der Waals surface area contributed by atoms with E-state index in [1.54, 1.807) is 7.11 Å². The molecule has 0 aromatic heterocycles. The minimum Gasteiger partial charge on any atom is -0.490 e. The number of aryl methyl sites for hydroxylation is 1. The molecule has 2 rings (SSSR count). The monoisotopic (exact) mass is 379 g/mol. The van der Waals surface area contributed by atoms with Gasteiger partial charge in [0.05, 0.1) is 6.61 Å². The third-order valence-electron chi connectivity index (χ3n) is 3.85. The first-order chi connectivity index (χ1) is 12.2. The molecule has 26 heavy (non-hydrogen) atoms. The molecular formula is C21H30ClNO3. The second-order valence-corrected chi connectivity index (χ2v) is 6.01. The van der Waals surface area contributed by atoms with Crippen LogP contribution in [0.4, 0.5) is 0 Å². The summed E-state index contributed by atoms with van der Waals surface area (Å²) in [5, 5.41) is 3.41. The predicted molar refractivity (Wildman–Crippen MR) is 109 cm³/mol. The molecule has 2 aromatic carbocycles. The second kappa shape index (κ2) is 12.6. The van der Waals surface area contributed by atoms with Crippen molar-refractivity contribution in [3.8, 4) is 11.5 Å². The number of benzene rings is 2. The molecule has 4 nitrogen and oxygen atoms in total. The minimum atomic E-state index is 0. The summed E-state index contributed by atoms with van der Waals surface area (Å²) < 4.78 is 16.8. The van der Waals surface area contributed by atoms with Gasteiger partial charge in [0.1, 0.15) is 6.61 Å². The molecule has 0 spiro atoms. The molecule has 0 aliphatic heterocycles. The van der Waals surface area contributed by atoms with Crippen LogP contribution in [0.3, 0.4) is 0 Å². The Balaban J connectivity index is 0.00000338. The van der Waals surface area contributed by atoms with Gasteiger partial charge in [-0.2, -0.15) is 0 Å².